The molecule has 2 aromatic rings. The van der Waals surface area contributed by atoms with Gasteiger partial charge in [-0.25, -0.2) is 29.1 Å². The Kier molecular flexibility index (Phi) is 11.5. The van der Waals surface area contributed by atoms with E-state index in [0.29, 0.717) is 49.0 Å². The van der Waals surface area contributed by atoms with Crippen molar-refractivity contribution in [3.63, 3.8) is 0 Å². The van der Waals surface area contributed by atoms with Crippen LogP contribution >= 0.6 is 0 Å². The van der Waals surface area contributed by atoms with Crippen molar-refractivity contribution in [1.29, 1.82) is 0 Å². The van der Waals surface area contributed by atoms with Crippen molar-refractivity contribution in [2.75, 3.05) is 14.2 Å². The molecule has 2 aromatic carbocycles. The van der Waals surface area contributed by atoms with E-state index < -0.39 is 24.2 Å². The SMILES string of the molecule is COc1ccccc1C(=O)OOC(=O)OC1CCC(CC2CCC(OC(=O)OOC(=O)c3ccccc3OC)CC2)CC1. The van der Waals surface area contributed by atoms with E-state index in [2.05, 4.69) is 19.6 Å². The minimum atomic E-state index is -1.06. The van der Waals surface area contributed by atoms with E-state index in [1.54, 1.807) is 36.4 Å². The van der Waals surface area contributed by atoms with E-state index >= 15 is 0 Å². The number of methoxy groups -OCH3 is 2. The first-order valence-corrected chi connectivity index (χ1v) is 14.3. The number of carbonyl (C=O) groups excluding carboxylic acids is 4. The van der Waals surface area contributed by atoms with Crippen LogP contribution in [0.3, 0.4) is 0 Å². The highest BCUT2D eigenvalue weighted by Crippen LogP contribution is 2.37. The maximum atomic E-state index is 12.2. The molecule has 0 atom stereocenters. The third kappa shape index (κ3) is 9.25. The summed E-state index contributed by atoms with van der Waals surface area (Å²) in [5.74, 6) is -0.114. The van der Waals surface area contributed by atoms with Gasteiger partial charge in [-0.3, -0.25) is 0 Å². The van der Waals surface area contributed by atoms with Gasteiger partial charge in [0.2, 0.25) is 0 Å². The summed E-state index contributed by atoms with van der Waals surface area (Å²) in [5.41, 5.74) is 0.258. The maximum absolute atomic E-state index is 12.2. The Labute approximate surface area is 249 Å². The number of hydrogen-bond donors (Lipinski definition) is 0. The van der Waals surface area contributed by atoms with Gasteiger partial charge in [0.1, 0.15) is 34.8 Å². The largest absolute Gasteiger partial charge is 0.550 e. The van der Waals surface area contributed by atoms with Gasteiger partial charge in [0.05, 0.1) is 14.2 Å². The van der Waals surface area contributed by atoms with Crippen molar-refractivity contribution >= 4 is 24.2 Å². The summed E-state index contributed by atoms with van der Waals surface area (Å²) in [5, 5.41) is 0. The lowest BCUT2D eigenvalue weighted by Crippen LogP contribution is -2.28. The van der Waals surface area contributed by atoms with Crippen molar-refractivity contribution in [1.82, 2.24) is 0 Å². The van der Waals surface area contributed by atoms with Gasteiger partial charge < -0.3 is 18.9 Å². The van der Waals surface area contributed by atoms with Crippen LogP contribution in [-0.4, -0.2) is 50.7 Å². The van der Waals surface area contributed by atoms with E-state index in [9.17, 15) is 19.2 Å². The second-order valence-electron chi connectivity index (χ2n) is 10.6. The molecule has 0 bridgehead atoms. The lowest BCUT2D eigenvalue weighted by Gasteiger charge is -2.33. The van der Waals surface area contributed by atoms with Gasteiger partial charge in [0.25, 0.3) is 0 Å². The highest BCUT2D eigenvalue weighted by molar-refractivity contribution is 5.93. The number of para-hydroxylation sites is 2. The molecule has 2 aliphatic rings. The molecule has 0 radical (unpaired) electrons. The zero-order valence-corrected chi connectivity index (χ0v) is 24.2. The molecule has 0 amide bonds. The second-order valence-corrected chi connectivity index (χ2v) is 10.6. The van der Waals surface area contributed by atoms with E-state index in [0.717, 1.165) is 32.1 Å². The van der Waals surface area contributed by atoms with Crippen LogP contribution in [0.15, 0.2) is 48.5 Å². The number of ether oxygens (including phenoxy) is 4. The molecule has 12 nitrogen and oxygen atoms in total. The molecular formula is C31H36O12. The van der Waals surface area contributed by atoms with Crippen LogP contribution in [-0.2, 0) is 29.0 Å². The first kappa shape index (κ1) is 31.5. The van der Waals surface area contributed by atoms with Gasteiger partial charge >= 0.3 is 24.2 Å². The summed E-state index contributed by atoms with van der Waals surface area (Å²) in [6.45, 7) is 0. The lowest BCUT2D eigenvalue weighted by molar-refractivity contribution is -0.208. The molecule has 0 N–H and O–H groups in total. The van der Waals surface area contributed by atoms with Crippen molar-refractivity contribution in [3.05, 3.63) is 59.7 Å². The summed E-state index contributed by atoms with van der Waals surface area (Å²) in [6, 6.07) is 12.9. The Hall–Kier alpha value is -4.48. The second kappa shape index (κ2) is 15.7. The normalized spacial score (nSPS) is 21.4. The van der Waals surface area contributed by atoms with Crippen LogP contribution in [0.4, 0.5) is 9.59 Å². The van der Waals surface area contributed by atoms with Crippen LogP contribution in [0.2, 0.25) is 0 Å². The number of benzene rings is 2. The Morgan fingerprint density at radius 2 is 0.930 bits per heavy atom. The molecule has 0 aliphatic heterocycles. The predicted molar refractivity (Wildman–Crippen MR) is 148 cm³/mol. The Bertz CT molecular complexity index is 1150. The molecule has 4 rings (SSSR count). The van der Waals surface area contributed by atoms with Crippen molar-refractivity contribution in [2.45, 2.75) is 70.0 Å². The molecule has 0 heterocycles. The molecule has 0 spiro atoms. The van der Waals surface area contributed by atoms with Crippen molar-refractivity contribution in [2.24, 2.45) is 11.8 Å². The fourth-order valence-corrected chi connectivity index (χ4v) is 5.61. The average Bonchev–Trinajstić information content (AvgIpc) is 3.04. The molecule has 2 saturated carbocycles. The van der Waals surface area contributed by atoms with Gasteiger partial charge in [-0.1, -0.05) is 24.3 Å². The van der Waals surface area contributed by atoms with Gasteiger partial charge in [-0.2, -0.15) is 9.59 Å². The summed E-state index contributed by atoms with van der Waals surface area (Å²) in [7, 11) is 2.84. The van der Waals surface area contributed by atoms with Gasteiger partial charge in [-0.15, -0.1) is 0 Å². The summed E-state index contributed by atoms with van der Waals surface area (Å²) < 4.78 is 20.9. The Morgan fingerprint density at radius 1 is 0.558 bits per heavy atom. The van der Waals surface area contributed by atoms with Crippen LogP contribution < -0.4 is 9.47 Å². The molecule has 2 aliphatic carbocycles. The molecule has 2 fully saturated rings. The Balaban J connectivity index is 1.08. The molecule has 0 aromatic heterocycles. The van der Waals surface area contributed by atoms with Gasteiger partial charge in [0, 0.05) is 0 Å². The minimum absolute atomic E-state index is 0.129. The van der Waals surface area contributed by atoms with Gasteiger partial charge in [-0.05, 0) is 93.9 Å². The molecular weight excluding hydrogens is 564 g/mol. The fraction of sp³-hybridized carbons (Fsp3) is 0.484. The predicted octanol–water partition coefficient (Wildman–Crippen LogP) is 6.36. The van der Waals surface area contributed by atoms with Gasteiger partial charge in [0.15, 0.2) is 0 Å². The first-order valence-electron chi connectivity index (χ1n) is 14.3. The maximum Gasteiger partial charge on any atom is 0.550 e. The molecule has 0 saturated heterocycles. The zero-order chi connectivity index (χ0) is 30.6. The quantitative estimate of drug-likeness (QED) is 0.189. The van der Waals surface area contributed by atoms with E-state index in [1.807, 2.05) is 0 Å². The first-order chi connectivity index (χ1) is 20.9. The van der Waals surface area contributed by atoms with Crippen LogP contribution in [0.25, 0.3) is 0 Å². The molecule has 232 valence electrons. The highest BCUT2D eigenvalue weighted by atomic mass is 17.2. The third-order valence-corrected chi connectivity index (χ3v) is 7.80. The molecule has 0 unspecified atom stereocenters. The standard InChI is InChI=1S/C31H36O12/c1-36-26-9-5-3-7-24(26)28(32)40-42-30(34)38-22-15-11-20(12-16-22)19-21-13-17-23(18-14-21)39-31(35)43-41-29(33)25-8-4-6-10-27(25)37-2/h3-10,20-23H,11-19H2,1-2H3. The number of carbonyl (C=O) groups is 4. The zero-order valence-electron chi connectivity index (χ0n) is 24.2. The van der Waals surface area contributed by atoms with Crippen LogP contribution in [0, 0.1) is 11.8 Å². The highest BCUT2D eigenvalue weighted by Gasteiger charge is 2.30. The van der Waals surface area contributed by atoms with Crippen LogP contribution in [0.1, 0.15) is 78.5 Å². The monoisotopic (exact) mass is 600 g/mol. The third-order valence-electron chi connectivity index (χ3n) is 7.80. The van der Waals surface area contributed by atoms with Crippen LogP contribution in [0.5, 0.6) is 11.5 Å². The summed E-state index contributed by atoms with van der Waals surface area (Å²) >= 11 is 0. The van der Waals surface area contributed by atoms with Crippen molar-refractivity contribution < 1.29 is 57.7 Å². The number of rotatable bonds is 8. The molecule has 43 heavy (non-hydrogen) atoms. The van der Waals surface area contributed by atoms with Crippen molar-refractivity contribution in [3.8, 4) is 11.5 Å². The number of hydrogen-bond acceptors (Lipinski definition) is 12. The summed E-state index contributed by atoms with van der Waals surface area (Å²) in [4.78, 5) is 66.8. The van der Waals surface area contributed by atoms with E-state index in [-0.39, 0.29) is 23.3 Å². The van der Waals surface area contributed by atoms with E-state index in [1.165, 1.54) is 26.4 Å². The minimum Gasteiger partial charge on any atom is -0.496 e. The smallest absolute Gasteiger partial charge is 0.496 e. The topological polar surface area (TPSA) is 142 Å². The van der Waals surface area contributed by atoms with E-state index in [4.69, 9.17) is 18.9 Å². The average molecular weight is 601 g/mol. The fourth-order valence-electron chi connectivity index (χ4n) is 5.61. The summed E-state index contributed by atoms with van der Waals surface area (Å²) in [6.07, 6.45) is 4.70. The Morgan fingerprint density at radius 3 is 1.30 bits per heavy atom. The lowest BCUT2D eigenvalue weighted by atomic mass is 9.76. The molecule has 12 heteroatoms.